The van der Waals surface area contributed by atoms with Gasteiger partial charge in [-0.1, -0.05) is 99.7 Å². The van der Waals surface area contributed by atoms with E-state index in [9.17, 15) is 5.11 Å². The maximum atomic E-state index is 10.4. The maximum absolute atomic E-state index is 10.4. The molecule has 1 heterocycles. The fourth-order valence-electron chi connectivity index (χ4n) is 5.38. The highest BCUT2D eigenvalue weighted by Gasteiger charge is 2.53. The molecule has 4 heteroatoms. The summed E-state index contributed by atoms with van der Waals surface area (Å²) in [7, 11) is -2.61. The van der Waals surface area contributed by atoms with Crippen LogP contribution < -0.4 is 10.4 Å². The van der Waals surface area contributed by atoms with Crippen LogP contribution in [0.2, 0.25) is 5.04 Å². The number of aliphatic hydroxyl groups is 1. The molecule has 4 rings (SSSR count). The van der Waals surface area contributed by atoms with Gasteiger partial charge in [-0.2, -0.15) is 0 Å². The van der Waals surface area contributed by atoms with Crippen LogP contribution in [0.1, 0.15) is 33.6 Å². The summed E-state index contributed by atoms with van der Waals surface area (Å²) in [4.78, 5) is 0. The van der Waals surface area contributed by atoms with E-state index >= 15 is 0 Å². The van der Waals surface area contributed by atoms with Crippen LogP contribution in [0, 0.1) is 11.8 Å². The first-order valence-electron chi connectivity index (χ1n) is 11.3. The van der Waals surface area contributed by atoms with Crippen LogP contribution in [0.25, 0.3) is 0 Å². The fraction of sp³-hybridized carbons (Fsp3) is 0.407. The molecule has 0 amide bonds. The van der Waals surface area contributed by atoms with Crippen molar-refractivity contribution in [2.45, 2.75) is 57.1 Å². The predicted molar refractivity (Wildman–Crippen MR) is 129 cm³/mol. The normalized spacial score (nSPS) is 28.3. The van der Waals surface area contributed by atoms with Crippen LogP contribution >= 0.6 is 0 Å². The molecule has 31 heavy (non-hydrogen) atoms. The van der Waals surface area contributed by atoms with E-state index < -0.39 is 14.6 Å². The average Bonchev–Trinajstić information content (AvgIpc) is 3.07. The topological polar surface area (TPSA) is 38.7 Å². The third kappa shape index (κ3) is 4.10. The Balaban J connectivity index is 1.75. The number of aliphatic hydroxyl groups excluding tert-OH is 1. The lowest BCUT2D eigenvalue weighted by atomic mass is 9.80. The Morgan fingerprint density at radius 2 is 1.61 bits per heavy atom. The maximum Gasteiger partial charge on any atom is 0.261 e. The van der Waals surface area contributed by atoms with Crippen LogP contribution in [-0.4, -0.2) is 31.9 Å². The van der Waals surface area contributed by atoms with Gasteiger partial charge in [0.05, 0.1) is 12.2 Å². The van der Waals surface area contributed by atoms with Crippen molar-refractivity contribution in [3.05, 3.63) is 85.5 Å². The highest BCUT2D eigenvalue weighted by Crippen LogP contribution is 2.43. The second kappa shape index (κ2) is 8.87. The Morgan fingerprint density at radius 1 is 1.03 bits per heavy atom. The Kier molecular flexibility index (Phi) is 6.36. The molecule has 0 bridgehead atoms. The lowest BCUT2D eigenvalue weighted by Crippen LogP contribution is -2.67. The van der Waals surface area contributed by atoms with Gasteiger partial charge in [0.25, 0.3) is 8.32 Å². The van der Waals surface area contributed by atoms with E-state index in [0.717, 1.165) is 12.8 Å². The quantitative estimate of drug-likeness (QED) is 0.540. The molecule has 164 valence electrons. The van der Waals surface area contributed by atoms with Gasteiger partial charge < -0.3 is 14.3 Å². The van der Waals surface area contributed by atoms with Gasteiger partial charge in [0.2, 0.25) is 0 Å². The molecule has 0 aromatic heterocycles. The molecule has 1 saturated heterocycles. The Morgan fingerprint density at radius 3 is 2.13 bits per heavy atom. The molecule has 1 unspecified atom stereocenters. The van der Waals surface area contributed by atoms with Gasteiger partial charge >= 0.3 is 0 Å². The van der Waals surface area contributed by atoms with Gasteiger partial charge in [-0.3, -0.25) is 0 Å². The summed E-state index contributed by atoms with van der Waals surface area (Å²) in [5.41, 5.74) is 0. The van der Waals surface area contributed by atoms with Gasteiger partial charge in [0, 0.05) is 5.92 Å². The number of hydrogen-bond donors (Lipinski definition) is 1. The van der Waals surface area contributed by atoms with E-state index in [1.165, 1.54) is 10.4 Å². The molecule has 5 atom stereocenters. The molecule has 1 N–H and O–H groups in total. The number of hydrogen-bond acceptors (Lipinski definition) is 3. The standard InChI is InChI=1S/C27H34O3Si/c1-5-12-25-24-19-20(17-18-23(24)26(28)29-25)30-31(27(2,3)4,21-13-8-6-9-14-21)22-15-10-7-11-16-22/h5-11,13-18,20,23-26,28H,1,12,19H2,2-4H3/t20-,23+,24-,25+,26?/m0/s1. The summed E-state index contributed by atoms with van der Waals surface area (Å²) in [6.07, 6.45) is 6.99. The smallest absolute Gasteiger partial charge is 0.261 e. The lowest BCUT2D eigenvalue weighted by molar-refractivity contribution is -0.101. The van der Waals surface area contributed by atoms with Crippen molar-refractivity contribution < 1.29 is 14.3 Å². The average molecular weight is 435 g/mol. The van der Waals surface area contributed by atoms with Crippen molar-refractivity contribution in [3.8, 4) is 0 Å². The number of rotatable bonds is 6. The minimum atomic E-state index is -2.61. The SMILES string of the molecule is C=CC[C@H]1OC(O)[C@@H]2C=C[C@H](O[Si](c3ccccc3)(c3ccccc3)C(C)(C)C)C[C@H]12. The van der Waals surface area contributed by atoms with Crippen molar-refractivity contribution in [3.63, 3.8) is 0 Å². The van der Waals surface area contributed by atoms with Gasteiger partial charge in [0.15, 0.2) is 6.29 Å². The molecule has 2 aliphatic rings. The van der Waals surface area contributed by atoms with Crippen LogP contribution in [0.5, 0.6) is 0 Å². The van der Waals surface area contributed by atoms with E-state index in [4.69, 9.17) is 9.16 Å². The van der Waals surface area contributed by atoms with Crippen LogP contribution in [0.15, 0.2) is 85.5 Å². The summed E-state index contributed by atoms with van der Waals surface area (Å²) in [5.74, 6) is 0.269. The molecule has 0 radical (unpaired) electrons. The zero-order valence-electron chi connectivity index (χ0n) is 18.8. The highest BCUT2D eigenvalue weighted by atomic mass is 28.4. The highest BCUT2D eigenvalue weighted by molar-refractivity contribution is 6.99. The van der Waals surface area contributed by atoms with Crippen molar-refractivity contribution >= 4 is 18.7 Å². The van der Waals surface area contributed by atoms with Gasteiger partial charge in [-0.05, 0) is 34.2 Å². The van der Waals surface area contributed by atoms with Gasteiger partial charge in [-0.25, -0.2) is 0 Å². The third-order valence-corrected chi connectivity index (χ3v) is 11.9. The summed E-state index contributed by atoms with van der Waals surface area (Å²) < 4.78 is 13.1. The molecule has 3 nitrogen and oxygen atoms in total. The van der Waals surface area contributed by atoms with Crippen molar-refractivity contribution in [1.82, 2.24) is 0 Å². The zero-order valence-corrected chi connectivity index (χ0v) is 19.8. The van der Waals surface area contributed by atoms with Gasteiger partial charge in [0.1, 0.15) is 0 Å². The third-order valence-electron chi connectivity index (χ3n) is 6.81. The number of benzene rings is 2. The first kappa shape index (κ1) is 22.2. The lowest BCUT2D eigenvalue weighted by Gasteiger charge is -2.46. The summed E-state index contributed by atoms with van der Waals surface area (Å²) in [5, 5.41) is 12.9. The van der Waals surface area contributed by atoms with E-state index in [0.29, 0.717) is 0 Å². The van der Waals surface area contributed by atoms with E-state index in [1.807, 2.05) is 6.08 Å². The van der Waals surface area contributed by atoms with E-state index in [-0.39, 0.29) is 29.1 Å². The van der Waals surface area contributed by atoms with Crippen LogP contribution in [0.4, 0.5) is 0 Å². The first-order chi connectivity index (χ1) is 14.9. The molecular formula is C27H34O3Si. The molecule has 0 spiro atoms. The van der Waals surface area contributed by atoms with Crippen molar-refractivity contribution in [2.24, 2.45) is 11.8 Å². The summed E-state index contributed by atoms with van der Waals surface area (Å²) >= 11 is 0. The Labute approximate surface area is 187 Å². The number of ether oxygens (including phenoxy) is 1. The molecule has 1 aliphatic heterocycles. The van der Waals surface area contributed by atoms with Crippen LogP contribution in [-0.2, 0) is 9.16 Å². The molecular weight excluding hydrogens is 400 g/mol. The molecule has 2 aromatic carbocycles. The molecule has 2 aromatic rings. The predicted octanol–water partition coefficient (Wildman–Crippen LogP) is 4.42. The minimum Gasteiger partial charge on any atom is -0.401 e. The van der Waals surface area contributed by atoms with Crippen molar-refractivity contribution in [1.29, 1.82) is 0 Å². The monoisotopic (exact) mass is 434 g/mol. The largest absolute Gasteiger partial charge is 0.401 e. The van der Waals surface area contributed by atoms with E-state index in [2.05, 4.69) is 100 Å². The molecule has 0 saturated carbocycles. The Hall–Kier alpha value is -1.98. The molecule has 1 fully saturated rings. The summed E-state index contributed by atoms with van der Waals surface area (Å²) in [6, 6.07) is 21.5. The summed E-state index contributed by atoms with van der Waals surface area (Å²) in [6.45, 7) is 10.8. The first-order valence-corrected chi connectivity index (χ1v) is 13.2. The fourth-order valence-corrected chi connectivity index (χ4v) is 10.0. The zero-order chi connectivity index (χ0) is 22.1. The number of fused-ring (bicyclic) bond motifs is 1. The van der Waals surface area contributed by atoms with E-state index in [1.54, 1.807) is 0 Å². The molecule has 1 aliphatic carbocycles. The van der Waals surface area contributed by atoms with Crippen molar-refractivity contribution in [2.75, 3.05) is 0 Å². The minimum absolute atomic E-state index is 0.00676. The van der Waals surface area contributed by atoms with Crippen LogP contribution in [0.3, 0.4) is 0 Å². The second-order valence-corrected chi connectivity index (χ2v) is 14.0. The Bertz CT molecular complexity index is 864. The second-order valence-electron chi connectivity index (χ2n) is 9.77. The van der Waals surface area contributed by atoms with Gasteiger partial charge in [-0.15, -0.1) is 6.58 Å².